The highest BCUT2D eigenvalue weighted by atomic mass is 31.2. The Morgan fingerprint density at radius 3 is 1.91 bits per heavy atom. The van der Waals surface area contributed by atoms with Gasteiger partial charge >= 0.3 is 17.2 Å². The Labute approximate surface area is 140 Å². The maximum atomic E-state index is 8.92. The average molecular weight is 366 g/mol. The van der Waals surface area contributed by atoms with Crippen LogP contribution in [0, 0.1) is 0 Å². The second-order valence-electron chi connectivity index (χ2n) is 5.09. The van der Waals surface area contributed by atoms with E-state index < -0.39 is 17.2 Å². The molecule has 1 aromatic rings. The number of aryl methyl sites for hydroxylation is 1. The van der Waals surface area contributed by atoms with Gasteiger partial charge < -0.3 is 29.0 Å². The lowest BCUT2D eigenvalue weighted by molar-refractivity contribution is 0.367. The molecule has 134 valence electrons. The van der Waals surface area contributed by atoms with Crippen molar-refractivity contribution in [3.05, 3.63) is 29.8 Å². The van der Waals surface area contributed by atoms with Crippen molar-refractivity contribution < 1.29 is 29.0 Å². The van der Waals surface area contributed by atoms with Gasteiger partial charge in [-0.3, -0.25) is 0 Å². The van der Waals surface area contributed by atoms with E-state index in [0.717, 1.165) is 18.4 Å². The molecule has 0 saturated heterocycles. The van der Waals surface area contributed by atoms with Crippen LogP contribution in [0.1, 0.15) is 57.4 Å². The molecule has 0 saturated carbocycles. The normalized spacial score (nSPS) is 10.6. The minimum atomic E-state index is -2.62. The molecular weight excluding hydrogens is 338 g/mol. The third kappa shape index (κ3) is 15.0. The molecule has 8 heteroatoms. The van der Waals surface area contributed by atoms with Crippen molar-refractivity contribution in [2.45, 2.75) is 58.3 Å². The second kappa shape index (κ2) is 15.2. The first-order valence-corrected chi connectivity index (χ1v) is 10.1. The largest absolute Gasteiger partial charge is 0.427 e. The van der Waals surface area contributed by atoms with Crippen LogP contribution in [0.2, 0.25) is 0 Å². The maximum Gasteiger partial charge on any atom is 0.391 e. The molecule has 0 unspecified atom stereocenters. The quantitative estimate of drug-likeness (QED) is 0.319. The maximum absolute atomic E-state index is 8.92. The van der Waals surface area contributed by atoms with Gasteiger partial charge in [0.25, 0.3) is 0 Å². The lowest BCUT2D eigenvalue weighted by atomic mass is 10.0. The monoisotopic (exact) mass is 366 g/mol. The highest BCUT2D eigenvalue weighted by Gasteiger charge is 2.07. The number of benzene rings is 1. The molecule has 23 heavy (non-hydrogen) atoms. The molecular formula is C15H28O6P2. The predicted molar refractivity (Wildman–Crippen MR) is 93.7 cm³/mol. The van der Waals surface area contributed by atoms with Gasteiger partial charge in [0.05, 0.1) is 0 Å². The van der Waals surface area contributed by atoms with Crippen molar-refractivity contribution in [1.82, 2.24) is 0 Å². The molecule has 0 atom stereocenters. The standard InChI is InChI=1S/C15H25O3P.H3O3P/c1-2-3-4-5-6-7-8-11-14-12-9-10-13-15(14)18-19(16)17;1-4(2)3/h9-10,12-13,16-17H,2-8,11H2,1H3;1-3H. The summed E-state index contributed by atoms with van der Waals surface area (Å²) in [4.78, 5) is 39.5. The third-order valence-corrected chi connectivity index (χ3v) is 3.56. The Kier molecular flexibility index (Phi) is 15.0. The average Bonchev–Trinajstić information content (AvgIpc) is 2.47. The van der Waals surface area contributed by atoms with E-state index in [-0.39, 0.29) is 0 Å². The van der Waals surface area contributed by atoms with Crippen LogP contribution >= 0.6 is 17.2 Å². The van der Waals surface area contributed by atoms with Gasteiger partial charge in [-0.15, -0.1) is 0 Å². The zero-order valence-corrected chi connectivity index (χ0v) is 15.3. The van der Waals surface area contributed by atoms with Crippen molar-refractivity contribution in [2.24, 2.45) is 0 Å². The fourth-order valence-electron chi connectivity index (χ4n) is 2.16. The predicted octanol–water partition coefficient (Wildman–Crippen LogP) is 3.76. The molecule has 0 aromatic heterocycles. The molecule has 0 aliphatic rings. The highest BCUT2D eigenvalue weighted by Crippen LogP contribution is 2.32. The Morgan fingerprint density at radius 2 is 1.35 bits per heavy atom. The summed E-state index contributed by atoms with van der Waals surface area (Å²) in [7, 11) is -4.94. The van der Waals surface area contributed by atoms with Crippen LogP contribution in [-0.2, 0) is 6.42 Å². The molecule has 0 spiro atoms. The third-order valence-electron chi connectivity index (χ3n) is 3.20. The summed E-state index contributed by atoms with van der Waals surface area (Å²) in [6.07, 6.45) is 9.87. The minimum absolute atomic E-state index is 0.601. The van der Waals surface area contributed by atoms with E-state index >= 15 is 0 Å². The highest BCUT2D eigenvalue weighted by molar-refractivity contribution is 7.39. The van der Waals surface area contributed by atoms with E-state index in [1.807, 2.05) is 18.2 Å². The van der Waals surface area contributed by atoms with Gasteiger partial charge in [0.2, 0.25) is 0 Å². The zero-order chi connectivity index (χ0) is 17.5. The number of hydrogen-bond donors (Lipinski definition) is 5. The summed E-state index contributed by atoms with van der Waals surface area (Å²) < 4.78 is 5.03. The molecule has 0 fully saturated rings. The molecule has 0 radical (unpaired) electrons. The van der Waals surface area contributed by atoms with Crippen LogP contribution in [-0.4, -0.2) is 24.5 Å². The van der Waals surface area contributed by atoms with E-state index in [4.69, 9.17) is 29.0 Å². The van der Waals surface area contributed by atoms with Gasteiger partial charge in [-0.25, -0.2) is 0 Å². The fraction of sp³-hybridized carbons (Fsp3) is 0.600. The first-order valence-electron chi connectivity index (χ1n) is 7.77. The van der Waals surface area contributed by atoms with Gasteiger partial charge in [-0.1, -0.05) is 63.6 Å². The van der Waals surface area contributed by atoms with E-state index in [1.165, 1.54) is 38.5 Å². The molecule has 0 amide bonds. The van der Waals surface area contributed by atoms with Gasteiger partial charge in [0.1, 0.15) is 5.75 Å². The first kappa shape index (κ1) is 22.7. The van der Waals surface area contributed by atoms with Crippen molar-refractivity contribution in [3.63, 3.8) is 0 Å². The summed E-state index contributed by atoms with van der Waals surface area (Å²) in [6, 6.07) is 7.59. The summed E-state index contributed by atoms with van der Waals surface area (Å²) in [5.74, 6) is 0.601. The summed E-state index contributed by atoms with van der Waals surface area (Å²) in [5, 5.41) is 0. The lowest BCUT2D eigenvalue weighted by Crippen LogP contribution is -1.93. The summed E-state index contributed by atoms with van der Waals surface area (Å²) in [6.45, 7) is 2.23. The number of para-hydroxylation sites is 1. The van der Waals surface area contributed by atoms with Crippen molar-refractivity contribution >= 4 is 17.2 Å². The van der Waals surface area contributed by atoms with E-state index in [9.17, 15) is 0 Å². The van der Waals surface area contributed by atoms with Crippen LogP contribution in [0.5, 0.6) is 5.75 Å². The van der Waals surface area contributed by atoms with Crippen molar-refractivity contribution in [2.75, 3.05) is 0 Å². The summed E-state index contributed by atoms with van der Waals surface area (Å²) in [5.41, 5.74) is 1.06. The van der Waals surface area contributed by atoms with Crippen molar-refractivity contribution in [1.29, 1.82) is 0 Å². The Morgan fingerprint density at radius 1 is 0.826 bits per heavy atom. The van der Waals surface area contributed by atoms with Gasteiger partial charge in [-0.2, -0.15) is 0 Å². The molecule has 1 rings (SSSR count). The Balaban J connectivity index is 0.00000108. The van der Waals surface area contributed by atoms with Crippen LogP contribution in [0.4, 0.5) is 0 Å². The van der Waals surface area contributed by atoms with Crippen LogP contribution in [0.25, 0.3) is 0 Å². The number of rotatable bonds is 10. The van der Waals surface area contributed by atoms with Gasteiger partial charge in [0.15, 0.2) is 0 Å². The van der Waals surface area contributed by atoms with Crippen molar-refractivity contribution in [3.8, 4) is 5.75 Å². The Hall–Kier alpha value is -0.320. The van der Waals surface area contributed by atoms with E-state index in [2.05, 4.69) is 6.92 Å². The fourth-order valence-corrected chi connectivity index (χ4v) is 2.51. The van der Waals surface area contributed by atoms with Crippen LogP contribution in [0.3, 0.4) is 0 Å². The van der Waals surface area contributed by atoms with E-state index in [1.54, 1.807) is 6.07 Å². The molecule has 0 heterocycles. The van der Waals surface area contributed by atoms with Gasteiger partial charge in [0, 0.05) is 0 Å². The van der Waals surface area contributed by atoms with Crippen LogP contribution in [0.15, 0.2) is 24.3 Å². The summed E-state index contributed by atoms with van der Waals surface area (Å²) >= 11 is 0. The molecule has 0 aliphatic heterocycles. The lowest BCUT2D eigenvalue weighted by Gasteiger charge is -2.10. The number of hydrogen-bond acceptors (Lipinski definition) is 6. The molecule has 1 aromatic carbocycles. The SMILES string of the molecule is CCCCCCCCCc1ccccc1OP(O)O.OP(O)O. The topological polar surface area (TPSA) is 110 Å². The van der Waals surface area contributed by atoms with Gasteiger partial charge in [-0.05, 0) is 24.5 Å². The second-order valence-corrected chi connectivity index (χ2v) is 6.32. The Bertz CT molecular complexity index is 387. The number of unbranched alkanes of at least 4 members (excludes halogenated alkanes) is 6. The molecule has 0 aliphatic carbocycles. The zero-order valence-electron chi connectivity index (χ0n) is 13.5. The van der Waals surface area contributed by atoms with Crippen LogP contribution < -0.4 is 4.52 Å². The molecule has 6 nitrogen and oxygen atoms in total. The molecule has 0 bridgehead atoms. The minimum Gasteiger partial charge on any atom is -0.427 e. The first-order chi connectivity index (χ1) is 11.0. The molecule has 5 N–H and O–H groups in total. The smallest absolute Gasteiger partial charge is 0.391 e. The van der Waals surface area contributed by atoms with E-state index in [0.29, 0.717) is 5.75 Å².